The summed E-state index contributed by atoms with van der Waals surface area (Å²) in [6.07, 6.45) is 4.96. The number of hydrogen-bond acceptors (Lipinski definition) is 2. The van der Waals surface area contributed by atoms with E-state index in [9.17, 15) is 0 Å². The van der Waals surface area contributed by atoms with Crippen molar-refractivity contribution in [3.05, 3.63) is 28.8 Å². The molecule has 1 aromatic carbocycles. The fraction of sp³-hybridized carbons (Fsp3) is 0.462. The smallest absolute Gasteiger partial charge is 0.104 e. The van der Waals surface area contributed by atoms with Crippen LogP contribution in [0.2, 0.25) is 5.02 Å². The van der Waals surface area contributed by atoms with Gasteiger partial charge in [0.2, 0.25) is 0 Å². The van der Waals surface area contributed by atoms with Crippen molar-refractivity contribution >= 4 is 34.5 Å². The van der Waals surface area contributed by atoms with Gasteiger partial charge in [-0.25, -0.2) is 0 Å². The SMILES string of the molecule is CCCCCCNc1ccc(C(N)=S)cc1Cl. The maximum atomic E-state index is 6.14. The van der Waals surface area contributed by atoms with Gasteiger partial charge in [0.25, 0.3) is 0 Å². The van der Waals surface area contributed by atoms with Gasteiger partial charge in [-0.2, -0.15) is 0 Å². The Morgan fingerprint density at radius 1 is 1.35 bits per heavy atom. The molecule has 1 rings (SSSR count). The summed E-state index contributed by atoms with van der Waals surface area (Å²) in [4.78, 5) is 0.376. The van der Waals surface area contributed by atoms with E-state index in [4.69, 9.17) is 29.6 Å². The largest absolute Gasteiger partial charge is 0.389 e. The number of rotatable bonds is 7. The van der Waals surface area contributed by atoms with E-state index in [1.165, 1.54) is 25.7 Å². The monoisotopic (exact) mass is 270 g/mol. The van der Waals surface area contributed by atoms with Crippen molar-refractivity contribution in [2.24, 2.45) is 5.73 Å². The molecule has 2 nitrogen and oxygen atoms in total. The molecule has 0 bridgehead atoms. The Bertz CT molecular complexity index is 380. The molecular weight excluding hydrogens is 252 g/mol. The second-order valence-corrected chi connectivity index (χ2v) is 4.89. The quantitative estimate of drug-likeness (QED) is 0.582. The van der Waals surface area contributed by atoms with Crippen molar-refractivity contribution in [1.29, 1.82) is 0 Å². The molecule has 17 heavy (non-hydrogen) atoms. The summed E-state index contributed by atoms with van der Waals surface area (Å²) >= 11 is 11.0. The van der Waals surface area contributed by atoms with E-state index in [1.807, 2.05) is 12.1 Å². The standard InChI is InChI=1S/C13H19ClN2S/c1-2-3-4-5-8-16-12-7-6-10(13(15)17)9-11(12)14/h6-7,9,16H,2-5,8H2,1H3,(H2,15,17). The zero-order chi connectivity index (χ0) is 12.7. The van der Waals surface area contributed by atoms with Crippen LogP contribution in [-0.2, 0) is 0 Å². The van der Waals surface area contributed by atoms with E-state index in [-0.39, 0.29) is 0 Å². The third-order valence-electron chi connectivity index (χ3n) is 2.60. The van der Waals surface area contributed by atoms with Crippen molar-refractivity contribution in [3.8, 4) is 0 Å². The van der Waals surface area contributed by atoms with E-state index in [1.54, 1.807) is 6.07 Å². The van der Waals surface area contributed by atoms with Crippen LogP contribution < -0.4 is 11.1 Å². The summed E-state index contributed by atoms with van der Waals surface area (Å²) in [7, 11) is 0. The molecule has 0 spiro atoms. The molecule has 0 aliphatic rings. The topological polar surface area (TPSA) is 38.0 Å². The molecule has 0 saturated heterocycles. The van der Waals surface area contributed by atoms with E-state index < -0.39 is 0 Å². The van der Waals surface area contributed by atoms with Gasteiger partial charge in [0.1, 0.15) is 4.99 Å². The highest BCUT2D eigenvalue weighted by molar-refractivity contribution is 7.80. The Balaban J connectivity index is 2.46. The molecule has 0 atom stereocenters. The number of thiocarbonyl (C=S) groups is 1. The fourth-order valence-corrected chi connectivity index (χ4v) is 1.96. The zero-order valence-corrected chi connectivity index (χ0v) is 11.7. The van der Waals surface area contributed by atoms with Gasteiger partial charge in [-0.1, -0.05) is 50.0 Å². The first kappa shape index (κ1) is 14.3. The minimum Gasteiger partial charge on any atom is -0.389 e. The number of anilines is 1. The van der Waals surface area contributed by atoms with Crippen molar-refractivity contribution in [2.45, 2.75) is 32.6 Å². The van der Waals surface area contributed by atoms with Crippen molar-refractivity contribution in [2.75, 3.05) is 11.9 Å². The van der Waals surface area contributed by atoms with Gasteiger partial charge in [0.15, 0.2) is 0 Å². The molecule has 3 N–H and O–H groups in total. The highest BCUT2D eigenvalue weighted by Crippen LogP contribution is 2.23. The lowest BCUT2D eigenvalue weighted by atomic mass is 10.2. The van der Waals surface area contributed by atoms with Crippen LogP contribution in [0.3, 0.4) is 0 Å². The molecule has 0 radical (unpaired) electrons. The van der Waals surface area contributed by atoms with Crippen LogP contribution in [-0.4, -0.2) is 11.5 Å². The predicted molar refractivity (Wildman–Crippen MR) is 80.0 cm³/mol. The van der Waals surface area contributed by atoms with E-state index >= 15 is 0 Å². The van der Waals surface area contributed by atoms with E-state index in [0.717, 1.165) is 17.8 Å². The maximum absolute atomic E-state index is 6.14. The Morgan fingerprint density at radius 2 is 2.12 bits per heavy atom. The van der Waals surface area contributed by atoms with Crippen LogP contribution in [0.25, 0.3) is 0 Å². The maximum Gasteiger partial charge on any atom is 0.104 e. The highest BCUT2D eigenvalue weighted by Gasteiger charge is 2.02. The average Bonchev–Trinajstić information content (AvgIpc) is 2.30. The second-order valence-electron chi connectivity index (χ2n) is 4.05. The first-order valence-corrected chi connectivity index (χ1v) is 6.77. The third-order valence-corrected chi connectivity index (χ3v) is 3.15. The fourth-order valence-electron chi connectivity index (χ4n) is 1.59. The summed E-state index contributed by atoms with van der Waals surface area (Å²) in [5.74, 6) is 0. The third kappa shape index (κ3) is 4.92. The van der Waals surface area contributed by atoms with Gasteiger partial charge in [-0.3, -0.25) is 0 Å². The number of halogens is 1. The Morgan fingerprint density at radius 3 is 2.71 bits per heavy atom. The Kier molecular flexibility index (Phi) is 6.30. The van der Waals surface area contributed by atoms with E-state index in [0.29, 0.717) is 10.0 Å². The lowest BCUT2D eigenvalue weighted by Gasteiger charge is -2.09. The number of nitrogens with two attached hydrogens (primary N) is 1. The van der Waals surface area contributed by atoms with Gasteiger partial charge < -0.3 is 11.1 Å². The summed E-state index contributed by atoms with van der Waals surface area (Å²) in [5.41, 5.74) is 7.29. The molecule has 0 aliphatic carbocycles. The number of nitrogens with one attached hydrogen (secondary N) is 1. The molecule has 0 amide bonds. The number of hydrogen-bond donors (Lipinski definition) is 2. The molecule has 0 saturated carbocycles. The van der Waals surface area contributed by atoms with Crippen molar-refractivity contribution < 1.29 is 0 Å². The normalized spacial score (nSPS) is 10.2. The van der Waals surface area contributed by atoms with Crippen LogP contribution in [0.15, 0.2) is 18.2 Å². The molecule has 0 unspecified atom stereocenters. The first-order chi connectivity index (χ1) is 8.15. The molecule has 1 aromatic rings. The van der Waals surface area contributed by atoms with Gasteiger partial charge in [0, 0.05) is 12.1 Å². The average molecular weight is 271 g/mol. The molecule has 4 heteroatoms. The van der Waals surface area contributed by atoms with Crippen molar-refractivity contribution in [1.82, 2.24) is 0 Å². The summed E-state index contributed by atoms with van der Waals surface area (Å²) < 4.78 is 0. The molecule has 0 aliphatic heterocycles. The lowest BCUT2D eigenvalue weighted by molar-refractivity contribution is 0.685. The van der Waals surface area contributed by atoms with Crippen LogP contribution in [0.1, 0.15) is 38.2 Å². The highest BCUT2D eigenvalue weighted by atomic mass is 35.5. The summed E-state index contributed by atoms with van der Waals surface area (Å²) in [6, 6.07) is 5.62. The van der Waals surface area contributed by atoms with Crippen molar-refractivity contribution in [3.63, 3.8) is 0 Å². The second kappa shape index (κ2) is 7.51. The number of unbranched alkanes of at least 4 members (excludes halogenated alkanes) is 3. The number of benzene rings is 1. The van der Waals surface area contributed by atoms with Crippen LogP contribution in [0, 0.1) is 0 Å². The lowest BCUT2D eigenvalue weighted by Crippen LogP contribution is -2.09. The summed E-state index contributed by atoms with van der Waals surface area (Å²) in [5, 5.41) is 3.99. The molecular formula is C13H19ClN2S. The van der Waals surface area contributed by atoms with Gasteiger partial charge >= 0.3 is 0 Å². The Hall–Kier alpha value is -0.800. The van der Waals surface area contributed by atoms with Gasteiger partial charge in [-0.15, -0.1) is 0 Å². The molecule has 94 valence electrons. The zero-order valence-electron chi connectivity index (χ0n) is 10.1. The van der Waals surface area contributed by atoms with Crippen LogP contribution >= 0.6 is 23.8 Å². The van der Waals surface area contributed by atoms with Gasteiger partial charge in [-0.05, 0) is 24.6 Å². The minimum absolute atomic E-state index is 0.376. The van der Waals surface area contributed by atoms with Crippen LogP contribution in [0.5, 0.6) is 0 Å². The summed E-state index contributed by atoms with van der Waals surface area (Å²) in [6.45, 7) is 3.16. The Labute approximate surface area is 114 Å². The minimum atomic E-state index is 0.376. The molecule has 0 aromatic heterocycles. The van der Waals surface area contributed by atoms with Crippen LogP contribution in [0.4, 0.5) is 5.69 Å². The van der Waals surface area contributed by atoms with Gasteiger partial charge in [0.05, 0.1) is 10.7 Å². The predicted octanol–water partition coefficient (Wildman–Crippen LogP) is 3.97. The van der Waals surface area contributed by atoms with E-state index in [2.05, 4.69) is 12.2 Å². The first-order valence-electron chi connectivity index (χ1n) is 5.98. The molecule has 0 fully saturated rings. The molecule has 0 heterocycles.